The van der Waals surface area contributed by atoms with Crippen LogP contribution in [-0.4, -0.2) is 25.7 Å². The number of rotatable bonds is 2. The van der Waals surface area contributed by atoms with E-state index in [9.17, 15) is 9.59 Å². The number of ether oxygens (including phenoxy) is 1. The van der Waals surface area contributed by atoms with E-state index in [1.165, 1.54) is 7.11 Å². The van der Waals surface area contributed by atoms with Gasteiger partial charge in [-0.05, 0) is 31.9 Å². The summed E-state index contributed by atoms with van der Waals surface area (Å²) in [5.74, 6) is 0. The molecule has 0 saturated carbocycles. The van der Waals surface area contributed by atoms with E-state index in [0.717, 1.165) is 24.1 Å². The van der Waals surface area contributed by atoms with Crippen molar-refractivity contribution >= 4 is 29.6 Å². The predicted octanol–water partition coefficient (Wildman–Crippen LogP) is 1.74. The lowest BCUT2D eigenvalue weighted by molar-refractivity contribution is -0.105. The van der Waals surface area contributed by atoms with Crippen LogP contribution < -0.4 is 16.0 Å². The average Bonchev–Trinajstić information content (AvgIpc) is 2.41. The van der Waals surface area contributed by atoms with Crippen LogP contribution in [-0.2, 0) is 16.0 Å². The van der Waals surface area contributed by atoms with Gasteiger partial charge < -0.3 is 15.8 Å². The molecule has 19 heavy (non-hydrogen) atoms. The van der Waals surface area contributed by atoms with E-state index < -0.39 is 6.09 Å². The third-order valence-corrected chi connectivity index (χ3v) is 3.41. The van der Waals surface area contributed by atoms with Crippen LogP contribution in [0.15, 0.2) is 12.1 Å². The molecule has 0 spiro atoms. The monoisotopic (exact) mass is 263 g/mol. The van der Waals surface area contributed by atoms with E-state index in [1.807, 2.05) is 6.92 Å². The SMILES string of the molecule is COC(=O)N1c2ccc(N)c(NC=O)c2CCC1C. The normalized spacial score (nSPS) is 17.6. The van der Waals surface area contributed by atoms with Crippen molar-refractivity contribution in [1.29, 1.82) is 0 Å². The first-order valence-corrected chi connectivity index (χ1v) is 6.08. The van der Waals surface area contributed by atoms with Gasteiger partial charge in [-0.3, -0.25) is 9.69 Å². The number of nitrogens with zero attached hydrogens (tertiary/aromatic N) is 1. The maximum Gasteiger partial charge on any atom is 0.414 e. The summed E-state index contributed by atoms with van der Waals surface area (Å²) in [6.45, 7) is 1.96. The van der Waals surface area contributed by atoms with E-state index in [1.54, 1.807) is 17.0 Å². The van der Waals surface area contributed by atoms with Crippen molar-refractivity contribution in [3.05, 3.63) is 17.7 Å². The number of hydrogen-bond donors (Lipinski definition) is 2. The van der Waals surface area contributed by atoms with Crippen LogP contribution in [0.3, 0.4) is 0 Å². The van der Waals surface area contributed by atoms with Crippen molar-refractivity contribution in [3.63, 3.8) is 0 Å². The van der Waals surface area contributed by atoms with Crippen LogP contribution in [0.25, 0.3) is 0 Å². The Bertz CT molecular complexity index is 516. The van der Waals surface area contributed by atoms with Crippen LogP contribution in [0.5, 0.6) is 0 Å². The molecule has 2 rings (SSSR count). The zero-order valence-electron chi connectivity index (χ0n) is 11.0. The number of amides is 2. The van der Waals surface area contributed by atoms with Crippen molar-refractivity contribution in [2.24, 2.45) is 0 Å². The first-order valence-electron chi connectivity index (χ1n) is 6.08. The second-order valence-electron chi connectivity index (χ2n) is 4.52. The van der Waals surface area contributed by atoms with Crippen LogP contribution in [0.2, 0.25) is 0 Å². The number of carbonyl (C=O) groups is 2. The summed E-state index contributed by atoms with van der Waals surface area (Å²) in [5.41, 5.74) is 8.54. The molecule has 102 valence electrons. The van der Waals surface area contributed by atoms with Gasteiger partial charge in [-0.1, -0.05) is 0 Å². The van der Waals surface area contributed by atoms with Gasteiger partial charge in [0, 0.05) is 11.6 Å². The highest BCUT2D eigenvalue weighted by molar-refractivity contribution is 5.94. The Morgan fingerprint density at radius 1 is 1.58 bits per heavy atom. The fourth-order valence-corrected chi connectivity index (χ4v) is 2.46. The molecule has 0 saturated heterocycles. The summed E-state index contributed by atoms with van der Waals surface area (Å²) in [4.78, 5) is 24.1. The Morgan fingerprint density at radius 3 is 2.95 bits per heavy atom. The summed E-state index contributed by atoms with van der Waals surface area (Å²) in [6.07, 6.45) is 1.73. The first kappa shape index (κ1) is 13.2. The topological polar surface area (TPSA) is 84.7 Å². The summed E-state index contributed by atoms with van der Waals surface area (Å²) in [7, 11) is 1.35. The molecule has 1 aliphatic rings. The molecule has 0 aromatic heterocycles. The number of methoxy groups -OCH3 is 1. The first-order chi connectivity index (χ1) is 9.10. The number of carbonyl (C=O) groups excluding carboxylic acids is 2. The number of benzene rings is 1. The summed E-state index contributed by atoms with van der Waals surface area (Å²) >= 11 is 0. The van der Waals surface area contributed by atoms with E-state index in [-0.39, 0.29) is 6.04 Å². The lowest BCUT2D eigenvalue weighted by atomic mass is 9.94. The molecule has 0 aliphatic carbocycles. The third-order valence-electron chi connectivity index (χ3n) is 3.41. The van der Waals surface area contributed by atoms with Crippen LogP contribution in [0.1, 0.15) is 18.9 Å². The van der Waals surface area contributed by atoms with Crippen molar-refractivity contribution < 1.29 is 14.3 Å². The minimum atomic E-state index is -0.407. The molecule has 0 bridgehead atoms. The summed E-state index contributed by atoms with van der Waals surface area (Å²) in [6, 6.07) is 3.51. The third kappa shape index (κ3) is 2.21. The molecule has 1 aliphatic heterocycles. The van der Waals surface area contributed by atoms with Gasteiger partial charge in [0.2, 0.25) is 6.41 Å². The maximum atomic E-state index is 11.9. The quantitative estimate of drug-likeness (QED) is 0.628. The molecule has 2 amide bonds. The number of hydrogen-bond acceptors (Lipinski definition) is 4. The molecule has 1 atom stereocenters. The highest BCUT2D eigenvalue weighted by atomic mass is 16.5. The molecule has 0 radical (unpaired) electrons. The second-order valence-corrected chi connectivity index (χ2v) is 4.52. The van der Waals surface area contributed by atoms with Crippen molar-refractivity contribution in [2.45, 2.75) is 25.8 Å². The molecule has 1 aromatic rings. The zero-order valence-corrected chi connectivity index (χ0v) is 11.0. The molecule has 6 heteroatoms. The van der Waals surface area contributed by atoms with Crippen molar-refractivity contribution in [3.8, 4) is 0 Å². The fraction of sp³-hybridized carbons (Fsp3) is 0.385. The van der Waals surface area contributed by atoms with E-state index in [2.05, 4.69) is 5.32 Å². The molecule has 1 unspecified atom stereocenters. The molecular formula is C13H17N3O3. The number of nitrogens with two attached hydrogens (primary N) is 1. The Morgan fingerprint density at radius 2 is 2.32 bits per heavy atom. The molecule has 1 heterocycles. The highest BCUT2D eigenvalue weighted by Crippen LogP contribution is 2.38. The van der Waals surface area contributed by atoms with Crippen LogP contribution >= 0.6 is 0 Å². The maximum absolute atomic E-state index is 11.9. The highest BCUT2D eigenvalue weighted by Gasteiger charge is 2.30. The van der Waals surface area contributed by atoms with Crippen molar-refractivity contribution in [1.82, 2.24) is 0 Å². The Labute approximate surface area is 111 Å². The van der Waals surface area contributed by atoms with Crippen molar-refractivity contribution in [2.75, 3.05) is 23.1 Å². The molecular weight excluding hydrogens is 246 g/mol. The van der Waals surface area contributed by atoms with Gasteiger partial charge in [-0.2, -0.15) is 0 Å². The molecule has 0 fully saturated rings. The molecule has 1 aromatic carbocycles. The van der Waals surface area contributed by atoms with E-state index >= 15 is 0 Å². The van der Waals surface area contributed by atoms with Gasteiger partial charge in [-0.15, -0.1) is 0 Å². The molecule has 6 nitrogen and oxygen atoms in total. The number of anilines is 3. The van der Waals surface area contributed by atoms with Gasteiger partial charge in [0.15, 0.2) is 0 Å². The van der Waals surface area contributed by atoms with Crippen LogP contribution in [0, 0.1) is 0 Å². The predicted molar refractivity (Wildman–Crippen MR) is 73.2 cm³/mol. The number of nitrogen functional groups attached to an aromatic ring is 1. The number of fused-ring (bicyclic) bond motifs is 1. The lowest BCUT2D eigenvalue weighted by Gasteiger charge is -2.35. The number of nitrogens with one attached hydrogen (secondary N) is 1. The largest absolute Gasteiger partial charge is 0.452 e. The molecule has 3 N–H and O–H groups in total. The fourth-order valence-electron chi connectivity index (χ4n) is 2.46. The van der Waals surface area contributed by atoms with Crippen LogP contribution in [0.4, 0.5) is 21.9 Å². The lowest BCUT2D eigenvalue weighted by Crippen LogP contribution is -2.42. The average molecular weight is 263 g/mol. The van der Waals surface area contributed by atoms with E-state index in [4.69, 9.17) is 10.5 Å². The Balaban J connectivity index is 2.54. The van der Waals surface area contributed by atoms with Gasteiger partial charge in [-0.25, -0.2) is 4.79 Å². The summed E-state index contributed by atoms with van der Waals surface area (Å²) in [5, 5.41) is 2.61. The minimum absolute atomic E-state index is 0.0488. The smallest absolute Gasteiger partial charge is 0.414 e. The standard InChI is InChI=1S/C13H17N3O3/c1-8-3-4-9-11(16(8)13(18)19-2)6-5-10(14)12(9)15-7-17/h5-8H,3-4,14H2,1-2H3,(H,15,17). The Kier molecular flexibility index (Phi) is 3.59. The second kappa shape index (κ2) is 5.17. The minimum Gasteiger partial charge on any atom is -0.452 e. The summed E-state index contributed by atoms with van der Waals surface area (Å²) < 4.78 is 4.81. The van der Waals surface area contributed by atoms with Gasteiger partial charge >= 0.3 is 6.09 Å². The van der Waals surface area contributed by atoms with E-state index in [0.29, 0.717) is 17.8 Å². The zero-order chi connectivity index (χ0) is 14.0. The Hall–Kier alpha value is -2.24. The van der Waals surface area contributed by atoms with Gasteiger partial charge in [0.05, 0.1) is 24.2 Å². The van der Waals surface area contributed by atoms with Gasteiger partial charge in [0.25, 0.3) is 0 Å². The van der Waals surface area contributed by atoms with Gasteiger partial charge in [0.1, 0.15) is 0 Å².